The van der Waals surface area contributed by atoms with Gasteiger partial charge < -0.3 is 14.8 Å². The van der Waals surface area contributed by atoms with Gasteiger partial charge in [0.05, 0.1) is 19.6 Å². The fraction of sp³-hybridized carbons (Fsp3) is 0.600. The largest absolute Gasteiger partial charge is 0.497 e. The molecule has 138 valence electrons. The SMILES string of the molecule is CCOC(=O)[C@@](CC)(Nc1ccc(OC)cc1)[C@@H]1CCCCCC1=O. The molecule has 1 fully saturated rings. The van der Waals surface area contributed by atoms with Crippen LogP contribution in [0.4, 0.5) is 5.69 Å². The summed E-state index contributed by atoms with van der Waals surface area (Å²) in [6.45, 7) is 4.03. The van der Waals surface area contributed by atoms with Crippen LogP contribution in [-0.2, 0) is 14.3 Å². The van der Waals surface area contributed by atoms with E-state index in [0.717, 1.165) is 30.7 Å². The van der Waals surface area contributed by atoms with Gasteiger partial charge in [0, 0.05) is 12.1 Å². The van der Waals surface area contributed by atoms with Crippen LogP contribution in [0, 0.1) is 5.92 Å². The Labute approximate surface area is 150 Å². The third-order valence-electron chi connectivity index (χ3n) is 5.05. The number of Topliss-reactive ketones (excluding diaryl/α,β-unsaturated/α-hetero) is 1. The van der Waals surface area contributed by atoms with Crippen molar-refractivity contribution in [2.45, 2.75) is 57.9 Å². The van der Waals surface area contributed by atoms with Crippen LogP contribution in [0.5, 0.6) is 5.75 Å². The van der Waals surface area contributed by atoms with E-state index < -0.39 is 5.54 Å². The van der Waals surface area contributed by atoms with E-state index >= 15 is 0 Å². The fourth-order valence-electron chi connectivity index (χ4n) is 3.63. The average Bonchev–Trinajstić information content (AvgIpc) is 2.85. The van der Waals surface area contributed by atoms with Crippen molar-refractivity contribution >= 4 is 17.4 Å². The molecule has 1 saturated carbocycles. The van der Waals surface area contributed by atoms with Crippen molar-refractivity contribution in [1.29, 1.82) is 0 Å². The summed E-state index contributed by atoms with van der Waals surface area (Å²) in [4.78, 5) is 25.7. The van der Waals surface area contributed by atoms with Crippen LogP contribution < -0.4 is 10.1 Å². The van der Waals surface area contributed by atoms with E-state index in [1.807, 2.05) is 31.2 Å². The lowest BCUT2D eigenvalue weighted by molar-refractivity contribution is -0.153. The van der Waals surface area contributed by atoms with E-state index in [1.54, 1.807) is 14.0 Å². The second kappa shape index (κ2) is 8.88. The van der Waals surface area contributed by atoms with Gasteiger partial charge in [-0.25, -0.2) is 4.79 Å². The minimum atomic E-state index is -1.02. The molecular weight excluding hydrogens is 318 g/mol. The highest BCUT2D eigenvalue weighted by atomic mass is 16.5. The Morgan fingerprint density at radius 3 is 2.52 bits per heavy atom. The van der Waals surface area contributed by atoms with Crippen LogP contribution in [0.25, 0.3) is 0 Å². The maximum Gasteiger partial charge on any atom is 0.332 e. The van der Waals surface area contributed by atoms with Crippen molar-refractivity contribution in [3.63, 3.8) is 0 Å². The number of nitrogens with one attached hydrogen (secondary N) is 1. The topological polar surface area (TPSA) is 64.6 Å². The highest BCUT2D eigenvalue weighted by molar-refractivity contribution is 5.94. The molecule has 1 aromatic rings. The number of esters is 1. The van der Waals surface area contributed by atoms with E-state index in [2.05, 4.69) is 5.32 Å². The lowest BCUT2D eigenvalue weighted by Gasteiger charge is -2.38. The Morgan fingerprint density at radius 2 is 1.92 bits per heavy atom. The van der Waals surface area contributed by atoms with Crippen LogP contribution >= 0.6 is 0 Å². The van der Waals surface area contributed by atoms with Gasteiger partial charge in [0.15, 0.2) is 0 Å². The number of hydrogen-bond acceptors (Lipinski definition) is 5. The summed E-state index contributed by atoms with van der Waals surface area (Å²) in [5.41, 5.74) is -0.237. The summed E-state index contributed by atoms with van der Waals surface area (Å²) in [6.07, 6.45) is 4.65. The zero-order valence-corrected chi connectivity index (χ0v) is 15.5. The third kappa shape index (κ3) is 4.33. The van der Waals surface area contributed by atoms with Gasteiger partial charge in [-0.15, -0.1) is 0 Å². The minimum absolute atomic E-state index is 0.161. The summed E-state index contributed by atoms with van der Waals surface area (Å²) >= 11 is 0. The molecule has 2 rings (SSSR count). The lowest BCUT2D eigenvalue weighted by Crippen LogP contribution is -2.55. The van der Waals surface area contributed by atoms with Gasteiger partial charge in [-0.05, 0) is 50.5 Å². The molecule has 0 saturated heterocycles. The van der Waals surface area contributed by atoms with Gasteiger partial charge in [-0.1, -0.05) is 19.8 Å². The fourth-order valence-corrected chi connectivity index (χ4v) is 3.63. The van der Waals surface area contributed by atoms with Crippen molar-refractivity contribution in [2.24, 2.45) is 5.92 Å². The second-order valence-electron chi connectivity index (χ2n) is 6.52. The number of hydrogen-bond donors (Lipinski definition) is 1. The Bertz CT molecular complexity index is 584. The van der Waals surface area contributed by atoms with Crippen LogP contribution in [0.3, 0.4) is 0 Å². The number of rotatable bonds is 7. The average molecular weight is 347 g/mol. The summed E-state index contributed by atoms with van der Waals surface area (Å²) in [5, 5.41) is 3.36. The first-order valence-electron chi connectivity index (χ1n) is 9.19. The molecule has 0 unspecified atom stereocenters. The first-order valence-corrected chi connectivity index (χ1v) is 9.19. The smallest absolute Gasteiger partial charge is 0.332 e. The van der Waals surface area contributed by atoms with Gasteiger partial charge in [-0.2, -0.15) is 0 Å². The molecule has 0 aliphatic heterocycles. The van der Waals surface area contributed by atoms with E-state index in [-0.39, 0.29) is 17.7 Å². The number of benzene rings is 1. The number of methoxy groups -OCH3 is 1. The maximum absolute atomic E-state index is 12.9. The molecule has 25 heavy (non-hydrogen) atoms. The molecule has 5 heteroatoms. The summed E-state index contributed by atoms with van der Waals surface area (Å²) in [7, 11) is 1.61. The van der Waals surface area contributed by atoms with Crippen molar-refractivity contribution in [3.8, 4) is 5.75 Å². The van der Waals surface area contributed by atoms with Gasteiger partial charge in [0.1, 0.15) is 17.1 Å². The van der Waals surface area contributed by atoms with Gasteiger partial charge in [-0.3, -0.25) is 4.79 Å². The van der Waals surface area contributed by atoms with Crippen LogP contribution in [0.1, 0.15) is 52.4 Å². The third-order valence-corrected chi connectivity index (χ3v) is 5.05. The molecule has 5 nitrogen and oxygen atoms in total. The number of ketones is 1. The Kier molecular flexibility index (Phi) is 6.85. The second-order valence-corrected chi connectivity index (χ2v) is 6.52. The van der Waals surface area contributed by atoms with Crippen molar-refractivity contribution in [3.05, 3.63) is 24.3 Å². The standard InChI is InChI=1S/C20H29NO4/c1-4-20(19(23)25-5-2,17-9-7-6-8-10-18(17)22)21-15-11-13-16(24-3)14-12-15/h11-14,17,21H,4-10H2,1-3H3/t17-,20+/m1/s1. The van der Waals surface area contributed by atoms with E-state index in [4.69, 9.17) is 9.47 Å². The first kappa shape index (κ1) is 19.3. The van der Waals surface area contributed by atoms with Crippen molar-refractivity contribution < 1.29 is 19.1 Å². The molecule has 0 bridgehead atoms. The Morgan fingerprint density at radius 1 is 1.20 bits per heavy atom. The highest BCUT2D eigenvalue weighted by Crippen LogP contribution is 2.36. The van der Waals surface area contributed by atoms with E-state index in [9.17, 15) is 9.59 Å². The van der Waals surface area contributed by atoms with E-state index in [1.165, 1.54) is 0 Å². The highest BCUT2D eigenvalue weighted by Gasteiger charge is 2.48. The molecule has 0 heterocycles. The zero-order valence-electron chi connectivity index (χ0n) is 15.5. The summed E-state index contributed by atoms with van der Waals surface area (Å²) < 4.78 is 10.6. The molecule has 1 aliphatic rings. The van der Waals surface area contributed by atoms with Gasteiger partial charge in [0.25, 0.3) is 0 Å². The maximum atomic E-state index is 12.9. The molecule has 0 amide bonds. The normalized spacial score (nSPS) is 20.3. The Hall–Kier alpha value is -2.04. The zero-order chi connectivity index (χ0) is 18.3. The molecule has 0 radical (unpaired) electrons. The molecule has 2 atom stereocenters. The molecule has 1 aromatic carbocycles. The van der Waals surface area contributed by atoms with Crippen LogP contribution in [-0.4, -0.2) is 31.0 Å². The molecule has 1 aliphatic carbocycles. The predicted molar refractivity (Wildman–Crippen MR) is 97.9 cm³/mol. The number of anilines is 1. The first-order chi connectivity index (χ1) is 12.1. The number of ether oxygens (including phenoxy) is 2. The monoisotopic (exact) mass is 347 g/mol. The molecule has 0 aromatic heterocycles. The molecule has 0 spiro atoms. The molecule has 1 N–H and O–H groups in total. The van der Waals surface area contributed by atoms with Crippen LogP contribution in [0.15, 0.2) is 24.3 Å². The predicted octanol–water partition coefficient (Wildman–Crippen LogP) is 3.97. The van der Waals surface area contributed by atoms with Crippen molar-refractivity contribution in [1.82, 2.24) is 0 Å². The minimum Gasteiger partial charge on any atom is -0.497 e. The van der Waals surface area contributed by atoms with E-state index in [0.29, 0.717) is 25.9 Å². The van der Waals surface area contributed by atoms with Gasteiger partial charge in [0.2, 0.25) is 0 Å². The number of carbonyl (C=O) groups excluding carboxylic acids is 2. The van der Waals surface area contributed by atoms with Crippen molar-refractivity contribution in [2.75, 3.05) is 19.0 Å². The van der Waals surface area contributed by atoms with Gasteiger partial charge >= 0.3 is 5.97 Å². The number of carbonyl (C=O) groups is 2. The summed E-state index contributed by atoms with van der Waals surface area (Å²) in [5.74, 6) is 0.206. The lowest BCUT2D eigenvalue weighted by atomic mass is 9.76. The van der Waals surface area contributed by atoms with Crippen LogP contribution in [0.2, 0.25) is 0 Å². The molecular formula is C20H29NO4. The summed E-state index contributed by atoms with van der Waals surface area (Å²) in [6, 6.07) is 7.40. The Balaban J connectivity index is 2.38. The quantitative estimate of drug-likeness (QED) is 0.597.